The summed E-state index contributed by atoms with van der Waals surface area (Å²) < 4.78 is 27.4. The van der Waals surface area contributed by atoms with E-state index in [0.29, 0.717) is 18.0 Å². The molecule has 0 bridgehead atoms. The molecule has 8 heteroatoms. The number of nitrogens with one attached hydrogen (secondary N) is 1. The molecule has 1 atom stereocenters. The minimum Gasteiger partial charge on any atom is -0.550 e. The zero-order chi connectivity index (χ0) is 18.7. The van der Waals surface area contributed by atoms with Gasteiger partial charge in [-0.25, -0.2) is 13.1 Å². The molecule has 0 fully saturated rings. The van der Waals surface area contributed by atoms with Crippen molar-refractivity contribution in [1.82, 2.24) is 4.72 Å². The molecule has 5 nitrogen and oxygen atoms in total. The number of carboxylic acid groups (broad SMARTS) is 1. The largest absolute Gasteiger partial charge is 1.00 e. The van der Waals surface area contributed by atoms with E-state index in [1.165, 1.54) is 17.7 Å². The number of halogens is 1. The van der Waals surface area contributed by atoms with E-state index in [0.717, 1.165) is 24.0 Å². The van der Waals surface area contributed by atoms with Gasteiger partial charge in [0.1, 0.15) is 0 Å². The number of hydrogen-bond donors (Lipinski definition) is 1. The number of aryl methyl sites for hydroxylation is 1. The van der Waals surface area contributed by atoms with E-state index in [2.05, 4.69) is 4.72 Å². The zero-order valence-electron chi connectivity index (χ0n) is 15.1. The Labute approximate surface area is 186 Å². The third kappa shape index (κ3) is 6.04. The van der Waals surface area contributed by atoms with Crippen LogP contribution in [0.15, 0.2) is 47.4 Å². The molecule has 0 heterocycles. The standard InChI is InChI=1S/C19H20ClNO4S.Na/c20-17-4-6-18(7-5-17)26(24,25)21-12-14-10-15-3-1-13(2-8-19(22)23)9-16(15)11-14;/h1,3-7,9,14,21H,2,8,10-12H2,(H,22,23);/q;+1/p-1. The van der Waals surface area contributed by atoms with E-state index in [1.54, 1.807) is 12.1 Å². The summed E-state index contributed by atoms with van der Waals surface area (Å²) in [4.78, 5) is 10.8. The molecule has 0 radical (unpaired) electrons. The molecule has 0 aromatic heterocycles. The van der Waals surface area contributed by atoms with Gasteiger partial charge in [0.2, 0.25) is 10.0 Å². The maximum absolute atomic E-state index is 12.4. The second-order valence-electron chi connectivity index (χ2n) is 6.56. The van der Waals surface area contributed by atoms with Crippen molar-refractivity contribution in [2.24, 2.45) is 5.92 Å². The Morgan fingerprint density at radius 3 is 2.44 bits per heavy atom. The summed E-state index contributed by atoms with van der Waals surface area (Å²) in [5, 5.41) is 11.1. The van der Waals surface area contributed by atoms with Gasteiger partial charge in [-0.15, -0.1) is 0 Å². The van der Waals surface area contributed by atoms with Gasteiger partial charge >= 0.3 is 29.6 Å². The topological polar surface area (TPSA) is 86.3 Å². The number of carbonyl (C=O) groups is 1. The van der Waals surface area contributed by atoms with Crippen molar-refractivity contribution >= 4 is 27.6 Å². The number of benzene rings is 2. The van der Waals surface area contributed by atoms with Crippen LogP contribution in [-0.2, 0) is 34.1 Å². The molecule has 0 saturated heterocycles. The smallest absolute Gasteiger partial charge is 0.550 e. The molecule has 138 valence electrons. The van der Waals surface area contributed by atoms with Crippen LogP contribution in [0.4, 0.5) is 0 Å². The average molecular weight is 416 g/mol. The van der Waals surface area contributed by atoms with Crippen molar-refractivity contribution < 1.29 is 47.9 Å². The summed E-state index contributed by atoms with van der Waals surface area (Å²) in [7, 11) is -3.56. The van der Waals surface area contributed by atoms with Crippen LogP contribution < -0.4 is 39.4 Å². The fraction of sp³-hybridized carbons (Fsp3) is 0.316. The van der Waals surface area contributed by atoms with Crippen LogP contribution in [-0.4, -0.2) is 20.9 Å². The first-order chi connectivity index (χ1) is 12.3. The van der Waals surface area contributed by atoms with Gasteiger partial charge in [-0.2, -0.15) is 0 Å². The van der Waals surface area contributed by atoms with Gasteiger partial charge in [0, 0.05) is 17.5 Å². The predicted octanol–water partition coefficient (Wildman–Crippen LogP) is -1.28. The predicted molar refractivity (Wildman–Crippen MR) is 97.3 cm³/mol. The van der Waals surface area contributed by atoms with Crippen molar-refractivity contribution in [1.29, 1.82) is 0 Å². The summed E-state index contributed by atoms with van der Waals surface area (Å²) in [6, 6.07) is 12.0. The Kier molecular flexibility index (Phi) is 7.92. The molecule has 0 spiro atoms. The first-order valence-electron chi connectivity index (χ1n) is 8.39. The first-order valence-corrected chi connectivity index (χ1v) is 10.3. The fourth-order valence-corrected chi connectivity index (χ4v) is 4.48. The number of fused-ring (bicyclic) bond motifs is 1. The molecule has 0 amide bonds. The van der Waals surface area contributed by atoms with E-state index < -0.39 is 16.0 Å². The van der Waals surface area contributed by atoms with Crippen LogP contribution in [0.2, 0.25) is 5.02 Å². The van der Waals surface area contributed by atoms with Crippen LogP contribution in [0.1, 0.15) is 23.1 Å². The molecule has 3 rings (SSSR count). The van der Waals surface area contributed by atoms with Gasteiger partial charge in [0.05, 0.1) is 4.90 Å². The summed E-state index contributed by atoms with van der Waals surface area (Å²) in [5.74, 6) is -0.872. The Morgan fingerprint density at radius 1 is 1.11 bits per heavy atom. The molecule has 2 aromatic rings. The SMILES string of the molecule is O=C([O-])CCc1ccc2c(c1)CC(CNS(=O)(=O)c1ccc(Cl)cc1)C2.[Na+]. The maximum atomic E-state index is 12.4. The Balaban J connectivity index is 0.00000261. The van der Waals surface area contributed by atoms with Crippen LogP contribution in [0.25, 0.3) is 0 Å². The Bertz CT molecular complexity index is 916. The van der Waals surface area contributed by atoms with Gasteiger partial charge in [0.25, 0.3) is 0 Å². The number of rotatable bonds is 7. The molecule has 1 N–H and O–H groups in total. The minimum absolute atomic E-state index is 0. The van der Waals surface area contributed by atoms with E-state index in [-0.39, 0.29) is 46.8 Å². The third-order valence-electron chi connectivity index (χ3n) is 4.59. The Hall–Kier alpha value is -0.890. The van der Waals surface area contributed by atoms with Crippen LogP contribution in [0, 0.1) is 5.92 Å². The molecule has 2 aromatic carbocycles. The fourth-order valence-electron chi connectivity index (χ4n) is 3.23. The number of sulfonamides is 1. The van der Waals surface area contributed by atoms with Gasteiger partial charge in [0.15, 0.2) is 0 Å². The molecular formula is C19H19ClNNaO4S. The average Bonchev–Trinajstić information content (AvgIpc) is 3.01. The van der Waals surface area contributed by atoms with Crippen molar-refractivity contribution in [3.05, 3.63) is 64.2 Å². The van der Waals surface area contributed by atoms with Gasteiger partial charge in [-0.1, -0.05) is 29.8 Å². The monoisotopic (exact) mass is 415 g/mol. The first kappa shape index (κ1) is 22.4. The quantitative estimate of drug-likeness (QED) is 0.571. The molecule has 0 aliphatic heterocycles. The summed E-state index contributed by atoms with van der Waals surface area (Å²) >= 11 is 5.80. The maximum Gasteiger partial charge on any atom is 1.00 e. The number of aliphatic carboxylic acids is 1. The van der Waals surface area contributed by atoms with E-state index >= 15 is 0 Å². The van der Waals surface area contributed by atoms with Gasteiger partial charge in [-0.05, 0) is 72.6 Å². The summed E-state index contributed by atoms with van der Waals surface area (Å²) in [6.07, 6.45) is 2.03. The normalized spacial score (nSPS) is 15.8. The molecular weight excluding hydrogens is 397 g/mol. The van der Waals surface area contributed by atoms with Gasteiger partial charge in [-0.3, -0.25) is 0 Å². The number of hydrogen-bond acceptors (Lipinski definition) is 4. The molecule has 1 aliphatic rings. The number of carbonyl (C=O) groups excluding carboxylic acids is 1. The zero-order valence-corrected chi connectivity index (χ0v) is 18.6. The second-order valence-corrected chi connectivity index (χ2v) is 8.76. The Morgan fingerprint density at radius 2 is 1.78 bits per heavy atom. The van der Waals surface area contributed by atoms with Crippen molar-refractivity contribution in [3.63, 3.8) is 0 Å². The summed E-state index contributed by atoms with van der Waals surface area (Å²) in [5.41, 5.74) is 3.32. The van der Waals surface area contributed by atoms with E-state index in [4.69, 9.17) is 11.6 Å². The molecule has 1 aliphatic carbocycles. The van der Waals surface area contributed by atoms with E-state index in [9.17, 15) is 18.3 Å². The van der Waals surface area contributed by atoms with Crippen LogP contribution in [0.3, 0.4) is 0 Å². The van der Waals surface area contributed by atoms with Gasteiger partial charge < -0.3 is 9.90 Å². The molecule has 1 unspecified atom stereocenters. The molecule has 0 saturated carbocycles. The minimum atomic E-state index is -3.56. The molecule has 27 heavy (non-hydrogen) atoms. The van der Waals surface area contributed by atoms with E-state index in [1.807, 2.05) is 18.2 Å². The van der Waals surface area contributed by atoms with Crippen molar-refractivity contribution in [2.45, 2.75) is 30.6 Å². The second kappa shape index (κ2) is 9.54. The van der Waals surface area contributed by atoms with Crippen molar-refractivity contribution in [3.8, 4) is 0 Å². The van der Waals surface area contributed by atoms with Crippen LogP contribution >= 0.6 is 11.6 Å². The third-order valence-corrected chi connectivity index (χ3v) is 6.28. The van der Waals surface area contributed by atoms with Crippen molar-refractivity contribution in [2.75, 3.05) is 6.54 Å². The summed E-state index contributed by atoms with van der Waals surface area (Å²) in [6.45, 7) is 0.355. The number of carboxylic acids is 1. The van der Waals surface area contributed by atoms with Crippen LogP contribution in [0.5, 0.6) is 0 Å².